The van der Waals surface area contributed by atoms with Crippen molar-refractivity contribution in [3.63, 3.8) is 0 Å². The van der Waals surface area contributed by atoms with Crippen LogP contribution in [0.2, 0.25) is 6.32 Å². The molecule has 8 heavy (non-hydrogen) atoms. The molecular formula is C5H11BS2. The van der Waals surface area contributed by atoms with E-state index in [2.05, 4.69) is 13.8 Å². The van der Waals surface area contributed by atoms with Gasteiger partial charge in [0, 0.05) is 5.25 Å². The Morgan fingerprint density at radius 1 is 1.50 bits per heavy atom. The van der Waals surface area contributed by atoms with Crippen molar-refractivity contribution in [2.45, 2.75) is 25.4 Å². The van der Waals surface area contributed by atoms with E-state index in [-0.39, 0.29) is 0 Å². The third-order valence-electron chi connectivity index (χ3n) is 0.462. The predicted molar refractivity (Wildman–Crippen MR) is 45.7 cm³/mol. The summed E-state index contributed by atoms with van der Waals surface area (Å²) in [5, 5.41) is 0.728. The van der Waals surface area contributed by atoms with E-state index in [1.807, 2.05) is 21.6 Å². The van der Waals surface area contributed by atoms with Gasteiger partial charge in [0.15, 0.2) is 0 Å². The monoisotopic (exact) mass is 146 g/mol. The van der Waals surface area contributed by atoms with E-state index in [4.69, 9.17) is 7.85 Å². The molecule has 0 aliphatic carbocycles. The van der Waals surface area contributed by atoms with Crippen molar-refractivity contribution < 1.29 is 0 Å². The smallest absolute Gasteiger partial charge is 0.0664 e. The van der Waals surface area contributed by atoms with Crippen molar-refractivity contribution in [3.05, 3.63) is 0 Å². The minimum absolute atomic E-state index is 0.728. The second-order valence-electron chi connectivity index (χ2n) is 1.76. The number of hydrogen-bond acceptors (Lipinski definition) is 2. The van der Waals surface area contributed by atoms with Crippen LogP contribution in [-0.2, 0) is 0 Å². The van der Waals surface area contributed by atoms with Crippen LogP contribution in [-0.4, -0.2) is 18.8 Å². The molecule has 0 saturated carbocycles. The van der Waals surface area contributed by atoms with Crippen LogP contribution in [0.3, 0.4) is 0 Å². The van der Waals surface area contributed by atoms with Gasteiger partial charge in [-0.05, 0) is 5.75 Å². The molecular weight excluding hydrogens is 135 g/mol. The van der Waals surface area contributed by atoms with Gasteiger partial charge in [-0.1, -0.05) is 41.8 Å². The standard InChI is InChI=1S/C5H11BS2/c1-5(2)8-7-4-3-6/h5H,3-4H2,1-2H3. The Balaban J connectivity index is 2.72. The van der Waals surface area contributed by atoms with Gasteiger partial charge in [0.25, 0.3) is 0 Å². The average Bonchev–Trinajstić information content (AvgIpc) is 1.66. The second kappa shape index (κ2) is 5.89. The fraction of sp³-hybridized carbons (Fsp3) is 1.00. The van der Waals surface area contributed by atoms with Crippen LogP contribution in [0.15, 0.2) is 0 Å². The Hall–Kier alpha value is 0.765. The fourth-order valence-electron chi connectivity index (χ4n) is 0.232. The summed E-state index contributed by atoms with van der Waals surface area (Å²) in [5.74, 6) is 1.07. The molecule has 0 saturated heterocycles. The van der Waals surface area contributed by atoms with Gasteiger partial charge in [-0.25, -0.2) is 0 Å². The van der Waals surface area contributed by atoms with Crippen molar-refractivity contribution >= 4 is 29.4 Å². The molecule has 2 radical (unpaired) electrons. The summed E-state index contributed by atoms with van der Waals surface area (Å²) >= 11 is 0. The summed E-state index contributed by atoms with van der Waals surface area (Å²) in [6, 6.07) is 0. The molecule has 46 valence electrons. The second-order valence-corrected chi connectivity index (χ2v) is 4.82. The highest BCUT2D eigenvalue weighted by molar-refractivity contribution is 8.76. The minimum atomic E-state index is 0.728. The van der Waals surface area contributed by atoms with E-state index in [1.54, 1.807) is 0 Å². The molecule has 0 rings (SSSR count). The van der Waals surface area contributed by atoms with E-state index in [1.165, 1.54) is 0 Å². The minimum Gasteiger partial charge on any atom is -0.0947 e. The van der Waals surface area contributed by atoms with Gasteiger partial charge in [0.05, 0.1) is 7.85 Å². The van der Waals surface area contributed by atoms with E-state index in [0.717, 1.165) is 17.3 Å². The van der Waals surface area contributed by atoms with E-state index in [0.29, 0.717) is 0 Å². The summed E-state index contributed by atoms with van der Waals surface area (Å²) in [4.78, 5) is 0. The first-order valence-corrected chi connectivity index (χ1v) is 5.14. The zero-order valence-electron chi connectivity index (χ0n) is 5.39. The van der Waals surface area contributed by atoms with E-state index in [9.17, 15) is 0 Å². The lowest BCUT2D eigenvalue weighted by Gasteiger charge is -2.00. The molecule has 0 heterocycles. The summed E-state index contributed by atoms with van der Waals surface area (Å²) < 4.78 is 0. The first-order chi connectivity index (χ1) is 3.77. The van der Waals surface area contributed by atoms with Crippen LogP contribution >= 0.6 is 21.6 Å². The largest absolute Gasteiger partial charge is 0.0947 e. The maximum absolute atomic E-state index is 5.28. The SMILES string of the molecule is [B]CCSSC(C)C. The zero-order valence-corrected chi connectivity index (χ0v) is 7.02. The molecule has 0 unspecified atom stereocenters. The molecule has 0 fully saturated rings. The normalized spacial score (nSPS) is 10.4. The van der Waals surface area contributed by atoms with Crippen molar-refractivity contribution in [2.24, 2.45) is 0 Å². The first kappa shape index (κ1) is 8.76. The van der Waals surface area contributed by atoms with Crippen LogP contribution in [0, 0.1) is 0 Å². The number of rotatable bonds is 4. The van der Waals surface area contributed by atoms with E-state index < -0.39 is 0 Å². The van der Waals surface area contributed by atoms with Crippen molar-refractivity contribution in [2.75, 3.05) is 5.75 Å². The third-order valence-corrected chi connectivity index (χ3v) is 3.45. The molecule has 3 heteroatoms. The Labute approximate surface area is 61.0 Å². The molecule has 0 amide bonds. The quantitative estimate of drug-likeness (QED) is 0.339. The Morgan fingerprint density at radius 3 is 2.50 bits per heavy atom. The van der Waals surface area contributed by atoms with Crippen LogP contribution in [0.1, 0.15) is 13.8 Å². The third kappa shape index (κ3) is 6.76. The topological polar surface area (TPSA) is 0 Å². The highest BCUT2D eigenvalue weighted by Crippen LogP contribution is 2.25. The van der Waals surface area contributed by atoms with Gasteiger partial charge in [0.2, 0.25) is 0 Å². The summed E-state index contributed by atoms with van der Waals surface area (Å²) in [6.07, 6.45) is 0.796. The van der Waals surface area contributed by atoms with Gasteiger partial charge < -0.3 is 0 Å². The molecule has 0 spiro atoms. The summed E-state index contributed by atoms with van der Waals surface area (Å²) in [5.41, 5.74) is 0. The van der Waals surface area contributed by atoms with Crippen LogP contribution < -0.4 is 0 Å². The average molecular weight is 146 g/mol. The highest BCUT2D eigenvalue weighted by Gasteiger charge is 1.91. The van der Waals surface area contributed by atoms with Gasteiger partial charge in [0.1, 0.15) is 0 Å². The predicted octanol–water partition coefficient (Wildman–Crippen LogP) is 2.36. The number of hydrogen-bond donors (Lipinski definition) is 0. The summed E-state index contributed by atoms with van der Waals surface area (Å²) in [7, 11) is 9.03. The van der Waals surface area contributed by atoms with Gasteiger partial charge in [-0.3, -0.25) is 0 Å². The van der Waals surface area contributed by atoms with Crippen molar-refractivity contribution in [1.29, 1.82) is 0 Å². The molecule has 0 aliphatic heterocycles. The Morgan fingerprint density at radius 2 is 2.12 bits per heavy atom. The van der Waals surface area contributed by atoms with Crippen molar-refractivity contribution in [3.8, 4) is 0 Å². The van der Waals surface area contributed by atoms with Gasteiger partial charge in [-0.15, -0.1) is 0 Å². The van der Waals surface area contributed by atoms with Gasteiger partial charge >= 0.3 is 0 Å². The molecule has 0 bridgehead atoms. The fourth-order valence-corrected chi connectivity index (χ4v) is 2.09. The lowest BCUT2D eigenvalue weighted by molar-refractivity contribution is 1.12. The lowest BCUT2D eigenvalue weighted by atomic mass is 10.1. The molecule has 0 aliphatic rings. The molecule has 0 aromatic carbocycles. The molecule has 0 aromatic rings. The first-order valence-electron chi connectivity index (χ1n) is 2.75. The van der Waals surface area contributed by atoms with Crippen LogP contribution in [0.25, 0.3) is 0 Å². The molecule has 0 atom stereocenters. The zero-order chi connectivity index (χ0) is 6.41. The van der Waals surface area contributed by atoms with Crippen LogP contribution in [0.5, 0.6) is 0 Å². The maximum atomic E-state index is 5.28. The molecule has 0 N–H and O–H groups in total. The maximum Gasteiger partial charge on any atom is 0.0664 e. The van der Waals surface area contributed by atoms with E-state index >= 15 is 0 Å². The van der Waals surface area contributed by atoms with Crippen LogP contribution in [0.4, 0.5) is 0 Å². The van der Waals surface area contributed by atoms with Crippen molar-refractivity contribution in [1.82, 2.24) is 0 Å². The highest BCUT2D eigenvalue weighted by atomic mass is 33.1. The lowest BCUT2D eigenvalue weighted by Crippen LogP contribution is -1.81. The molecule has 0 nitrogen and oxygen atoms in total. The Kier molecular flexibility index (Phi) is 6.46. The van der Waals surface area contributed by atoms with Gasteiger partial charge in [-0.2, -0.15) is 0 Å². The molecule has 0 aromatic heterocycles. The summed E-state index contributed by atoms with van der Waals surface area (Å²) in [6.45, 7) is 4.38. The Bertz CT molecular complexity index is 47.7.